The van der Waals surface area contributed by atoms with Crippen molar-refractivity contribution >= 4 is 5.97 Å². The van der Waals surface area contributed by atoms with Crippen molar-refractivity contribution < 1.29 is 24.9 Å². The Balaban J connectivity index is 2.31. The molecule has 3 N–H and O–H groups in total. The summed E-state index contributed by atoms with van der Waals surface area (Å²) in [7, 11) is 0. The zero-order valence-corrected chi connectivity index (χ0v) is 14.0. The maximum Gasteiger partial charge on any atom is 0.338 e. The molecule has 5 nitrogen and oxygen atoms in total. The molecule has 1 aromatic carbocycles. The van der Waals surface area contributed by atoms with Gasteiger partial charge in [-0.2, -0.15) is 0 Å². The van der Waals surface area contributed by atoms with Crippen molar-refractivity contribution in [1.29, 1.82) is 0 Å². The van der Waals surface area contributed by atoms with Crippen LogP contribution in [0.5, 0.6) is 17.2 Å². The molecule has 1 unspecified atom stereocenters. The molecule has 0 saturated heterocycles. The maximum absolute atomic E-state index is 12.0. The average molecular weight is 324 g/mol. The van der Waals surface area contributed by atoms with Gasteiger partial charge in [0, 0.05) is 0 Å². The zero-order valence-electron chi connectivity index (χ0n) is 14.0. The lowest BCUT2D eigenvalue weighted by molar-refractivity contribution is 0.0318. The van der Waals surface area contributed by atoms with Crippen LogP contribution in [0.3, 0.4) is 0 Å². The average Bonchev–Trinajstić information content (AvgIpc) is 2.51. The van der Waals surface area contributed by atoms with Gasteiger partial charge >= 0.3 is 5.97 Å². The lowest BCUT2D eigenvalue weighted by Gasteiger charge is -2.13. The summed E-state index contributed by atoms with van der Waals surface area (Å²) in [4.78, 5) is 12.0. The molecule has 1 rings (SSSR count). The Hall–Kier alpha value is -1.91. The van der Waals surface area contributed by atoms with E-state index in [9.17, 15) is 20.1 Å². The summed E-state index contributed by atoms with van der Waals surface area (Å²) in [6.07, 6.45) is 8.99. The number of esters is 1. The largest absolute Gasteiger partial charge is 0.504 e. The van der Waals surface area contributed by atoms with Gasteiger partial charge in [0.2, 0.25) is 0 Å². The lowest BCUT2D eigenvalue weighted by atomic mass is 10.1. The monoisotopic (exact) mass is 324 g/mol. The van der Waals surface area contributed by atoms with Gasteiger partial charge in [0.15, 0.2) is 17.2 Å². The van der Waals surface area contributed by atoms with Crippen LogP contribution >= 0.6 is 0 Å². The third-order valence-corrected chi connectivity index (χ3v) is 3.83. The summed E-state index contributed by atoms with van der Waals surface area (Å²) in [5.74, 6) is -2.35. The summed E-state index contributed by atoms with van der Waals surface area (Å²) in [6, 6.07) is 2.16. The normalized spacial score (nSPS) is 12.1. The van der Waals surface area contributed by atoms with Gasteiger partial charge in [0.05, 0.1) is 11.7 Å². The highest BCUT2D eigenvalue weighted by Gasteiger charge is 2.16. The highest BCUT2D eigenvalue weighted by atomic mass is 16.5. The standard InChI is InChI=1S/C18H28O5/c1-3-4-5-6-7-8-9-10-13(2)23-18(22)14-11-15(19)17(21)16(20)12-14/h11-13,19-21H,3-10H2,1-2H3. The van der Waals surface area contributed by atoms with Crippen molar-refractivity contribution in [2.45, 2.75) is 71.3 Å². The lowest BCUT2D eigenvalue weighted by Crippen LogP contribution is -2.15. The van der Waals surface area contributed by atoms with Crippen LogP contribution in [0.1, 0.15) is 75.6 Å². The van der Waals surface area contributed by atoms with Gasteiger partial charge in [0.1, 0.15) is 0 Å². The summed E-state index contributed by atoms with van der Waals surface area (Å²) in [6.45, 7) is 4.03. The number of phenolic OH excluding ortho intramolecular Hbond substituents is 3. The smallest absolute Gasteiger partial charge is 0.338 e. The second-order valence-corrected chi connectivity index (χ2v) is 5.99. The molecule has 0 aliphatic carbocycles. The Morgan fingerprint density at radius 2 is 1.52 bits per heavy atom. The first kappa shape index (κ1) is 19.1. The number of benzene rings is 1. The minimum absolute atomic E-state index is 0.0178. The molecule has 0 heterocycles. The zero-order chi connectivity index (χ0) is 17.2. The van der Waals surface area contributed by atoms with Crippen LogP contribution in [0, 0.1) is 0 Å². The number of ether oxygens (including phenoxy) is 1. The van der Waals surface area contributed by atoms with Crippen LogP contribution in [0.2, 0.25) is 0 Å². The predicted octanol–water partition coefficient (Wildman–Crippen LogP) is 4.49. The van der Waals surface area contributed by atoms with E-state index in [1.807, 2.05) is 6.92 Å². The van der Waals surface area contributed by atoms with Gasteiger partial charge in [-0.25, -0.2) is 4.79 Å². The third kappa shape index (κ3) is 6.80. The number of phenols is 3. The molecule has 0 aromatic heterocycles. The van der Waals surface area contributed by atoms with Gasteiger partial charge in [-0.05, 0) is 31.9 Å². The van der Waals surface area contributed by atoms with Crippen molar-refractivity contribution in [2.24, 2.45) is 0 Å². The number of carbonyl (C=O) groups is 1. The van der Waals surface area contributed by atoms with E-state index in [2.05, 4.69) is 6.92 Å². The molecule has 0 spiro atoms. The van der Waals surface area contributed by atoms with Gasteiger partial charge in [-0.1, -0.05) is 45.4 Å². The Labute approximate surface area is 137 Å². The van der Waals surface area contributed by atoms with E-state index in [1.54, 1.807) is 0 Å². The highest BCUT2D eigenvalue weighted by Crippen LogP contribution is 2.35. The molecule has 0 aliphatic heterocycles. The molecule has 130 valence electrons. The molecule has 23 heavy (non-hydrogen) atoms. The summed E-state index contributed by atoms with van der Waals surface area (Å²) >= 11 is 0. The molecular formula is C18H28O5. The van der Waals surface area contributed by atoms with Crippen molar-refractivity contribution in [3.8, 4) is 17.2 Å². The summed E-state index contributed by atoms with van der Waals surface area (Å²) < 4.78 is 5.29. The molecule has 5 heteroatoms. The molecule has 0 aliphatic rings. The van der Waals surface area contributed by atoms with Gasteiger partial charge < -0.3 is 20.1 Å². The molecular weight excluding hydrogens is 296 g/mol. The van der Waals surface area contributed by atoms with E-state index in [1.165, 1.54) is 32.1 Å². The van der Waals surface area contributed by atoms with Crippen LogP contribution in [0.25, 0.3) is 0 Å². The fraction of sp³-hybridized carbons (Fsp3) is 0.611. The van der Waals surface area contributed by atoms with E-state index in [0.717, 1.165) is 31.4 Å². The SMILES string of the molecule is CCCCCCCCCC(C)OC(=O)c1cc(O)c(O)c(O)c1. The first-order valence-corrected chi connectivity index (χ1v) is 8.41. The summed E-state index contributed by atoms with van der Waals surface area (Å²) in [5, 5.41) is 28.1. The highest BCUT2D eigenvalue weighted by molar-refractivity contribution is 5.91. The topological polar surface area (TPSA) is 87.0 Å². The van der Waals surface area contributed by atoms with Crippen LogP contribution in [0.15, 0.2) is 12.1 Å². The number of hydrogen-bond donors (Lipinski definition) is 3. The number of aromatic hydroxyl groups is 3. The number of carbonyl (C=O) groups excluding carboxylic acids is 1. The minimum atomic E-state index is -0.641. The Morgan fingerprint density at radius 3 is 2.09 bits per heavy atom. The van der Waals surface area contributed by atoms with Crippen LogP contribution in [0.4, 0.5) is 0 Å². The second-order valence-electron chi connectivity index (χ2n) is 5.99. The Kier molecular flexibility index (Phi) is 8.30. The second kappa shape index (κ2) is 9.98. The fourth-order valence-electron chi connectivity index (χ4n) is 2.42. The third-order valence-electron chi connectivity index (χ3n) is 3.83. The van der Waals surface area contributed by atoms with E-state index >= 15 is 0 Å². The molecule has 1 atom stereocenters. The number of hydrogen-bond acceptors (Lipinski definition) is 5. The van der Waals surface area contributed by atoms with Gasteiger partial charge in [-0.3, -0.25) is 0 Å². The first-order chi connectivity index (χ1) is 11.0. The minimum Gasteiger partial charge on any atom is -0.504 e. The molecule has 0 amide bonds. The summed E-state index contributed by atoms with van der Waals surface area (Å²) in [5.41, 5.74) is 0.0178. The fourth-order valence-corrected chi connectivity index (χ4v) is 2.42. The van der Waals surface area contributed by atoms with Crippen LogP contribution in [-0.4, -0.2) is 27.4 Å². The van der Waals surface area contributed by atoms with Gasteiger partial charge in [0.25, 0.3) is 0 Å². The van der Waals surface area contributed by atoms with Crippen molar-refractivity contribution in [1.82, 2.24) is 0 Å². The number of unbranched alkanes of at least 4 members (excludes halogenated alkanes) is 6. The van der Waals surface area contributed by atoms with E-state index in [-0.39, 0.29) is 11.7 Å². The van der Waals surface area contributed by atoms with Crippen LogP contribution < -0.4 is 0 Å². The molecule has 0 radical (unpaired) electrons. The molecule has 1 aromatic rings. The van der Waals surface area contributed by atoms with E-state index in [0.29, 0.717) is 0 Å². The maximum atomic E-state index is 12.0. The molecule has 0 fully saturated rings. The van der Waals surface area contributed by atoms with Crippen LogP contribution in [-0.2, 0) is 4.74 Å². The van der Waals surface area contributed by atoms with Crippen molar-refractivity contribution in [3.05, 3.63) is 17.7 Å². The Morgan fingerprint density at radius 1 is 1.00 bits per heavy atom. The Bertz CT molecular complexity index is 475. The molecule has 0 bridgehead atoms. The van der Waals surface area contributed by atoms with Crippen molar-refractivity contribution in [3.63, 3.8) is 0 Å². The first-order valence-electron chi connectivity index (χ1n) is 8.41. The number of rotatable bonds is 10. The molecule has 0 saturated carbocycles. The predicted molar refractivity (Wildman–Crippen MR) is 88.9 cm³/mol. The quantitative estimate of drug-likeness (QED) is 0.335. The van der Waals surface area contributed by atoms with E-state index in [4.69, 9.17) is 4.74 Å². The van der Waals surface area contributed by atoms with Gasteiger partial charge in [-0.15, -0.1) is 0 Å². The van der Waals surface area contributed by atoms with E-state index < -0.39 is 23.2 Å². The van der Waals surface area contributed by atoms with Crippen molar-refractivity contribution in [2.75, 3.05) is 0 Å².